The van der Waals surface area contributed by atoms with E-state index in [1.807, 2.05) is 19.1 Å². The summed E-state index contributed by atoms with van der Waals surface area (Å²) in [6, 6.07) is 12.6. The molecule has 0 bridgehead atoms. The molecule has 0 unspecified atom stereocenters. The van der Waals surface area contributed by atoms with Crippen molar-refractivity contribution in [2.24, 2.45) is 5.84 Å². The van der Waals surface area contributed by atoms with Gasteiger partial charge in [-0.25, -0.2) is 15.8 Å². The van der Waals surface area contributed by atoms with Crippen LogP contribution in [-0.4, -0.2) is 16.0 Å². The zero-order valence-electron chi connectivity index (χ0n) is 12.9. The Morgan fingerprint density at radius 2 is 1.90 bits per heavy atom. The predicted molar refractivity (Wildman–Crippen MR) is 87.0 cm³/mol. The smallest absolute Gasteiger partial charge is 0.145 e. The van der Waals surface area contributed by atoms with Gasteiger partial charge in [0.25, 0.3) is 0 Å². The molecule has 2 rings (SSSR count). The molecule has 5 heteroatoms. The first-order valence-electron chi connectivity index (χ1n) is 7.29. The largest absolute Gasteiger partial charge is 0.350 e. The molecule has 112 valence electrons. The molecule has 0 spiro atoms. The number of nitrogen functional groups attached to an aromatic ring is 1. The van der Waals surface area contributed by atoms with Gasteiger partial charge >= 0.3 is 0 Å². The number of nitrogens with one attached hydrogen (secondary N) is 1. The van der Waals surface area contributed by atoms with Gasteiger partial charge in [0.15, 0.2) is 0 Å². The number of hydrogen-bond acceptors (Lipinski definition) is 5. The maximum Gasteiger partial charge on any atom is 0.145 e. The molecule has 0 saturated heterocycles. The molecule has 0 aliphatic heterocycles. The predicted octanol–water partition coefficient (Wildman–Crippen LogP) is 2.74. The zero-order valence-corrected chi connectivity index (χ0v) is 12.9. The summed E-state index contributed by atoms with van der Waals surface area (Å²) in [5, 5.41) is 0. The molecule has 0 atom stereocenters. The lowest BCUT2D eigenvalue weighted by molar-refractivity contribution is 0.668. The highest BCUT2D eigenvalue weighted by molar-refractivity contribution is 5.50. The highest BCUT2D eigenvalue weighted by Gasteiger charge is 2.15. The SMILES string of the molecule is CCc1nc(NN)cc(N(Cc2ccccc2)C(C)C)n1. The van der Waals surface area contributed by atoms with Crippen molar-refractivity contribution in [1.29, 1.82) is 0 Å². The number of hydrazine groups is 1. The van der Waals surface area contributed by atoms with Crippen molar-refractivity contribution in [1.82, 2.24) is 9.97 Å². The second-order valence-corrected chi connectivity index (χ2v) is 5.23. The standard InChI is InChI=1S/C16H23N5/c1-4-14-18-15(20-17)10-16(19-14)21(12(2)3)11-13-8-6-5-7-9-13/h5-10,12H,4,11,17H2,1-3H3,(H,18,19,20). The summed E-state index contributed by atoms with van der Waals surface area (Å²) in [6.07, 6.45) is 0.778. The number of rotatable bonds is 6. The minimum absolute atomic E-state index is 0.329. The second kappa shape index (κ2) is 7.04. The van der Waals surface area contributed by atoms with E-state index in [1.165, 1.54) is 5.56 Å². The third-order valence-corrected chi connectivity index (χ3v) is 3.34. The molecule has 0 fully saturated rings. The van der Waals surface area contributed by atoms with Crippen molar-refractivity contribution < 1.29 is 0 Å². The van der Waals surface area contributed by atoms with Crippen LogP contribution in [0.15, 0.2) is 36.4 Å². The number of nitrogens with zero attached hydrogens (tertiary/aromatic N) is 3. The summed E-state index contributed by atoms with van der Waals surface area (Å²) in [5.41, 5.74) is 3.88. The average Bonchev–Trinajstić information content (AvgIpc) is 2.52. The van der Waals surface area contributed by atoms with Crippen molar-refractivity contribution in [2.75, 3.05) is 10.3 Å². The van der Waals surface area contributed by atoms with Crippen LogP contribution in [0.3, 0.4) is 0 Å². The van der Waals surface area contributed by atoms with Crippen molar-refractivity contribution in [3.63, 3.8) is 0 Å². The van der Waals surface area contributed by atoms with E-state index < -0.39 is 0 Å². The van der Waals surface area contributed by atoms with Crippen LogP contribution in [0.2, 0.25) is 0 Å². The summed E-state index contributed by atoms with van der Waals surface area (Å²) in [4.78, 5) is 11.2. The summed E-state index contributed by atoms with van der Waals surface area (Å²) in [7, 11) is 0. The lowest BCUT2D eigenvalue weighted by atomic mass is 10.2. The Labute approximate surface area is 126 Å². The van der Waals surface area contributed by atoms with Gasteiger partial charge in [-0.15, -0.1) is 0 Å². The second-order valence-electron chi connectivity index (χ2n) is 5.23. The number of aryl methyl sites for hydroxylation is 1. The van der Waals surface area contributed by atoms with Gasteiger partial charge in [0.2, 0.25) is 0 Å². The molecule has 1 aromatic heterocycles. The van der Waals surface area contributed by atoms with Crippen molar-refractivity contribution in [3.05, 3.63) is 47.8 Å². The fourth-order valence-electron chi connectivity index (χ4n) is 2.17. The fourth-order valence-corrected chi connectivity index (χ4v) is 2.17. The van der Waals surface area contributed by atoms with Crippen LogP contribution < -0.4 is 16.2 Å². The topological polar surface area (TPSA) is 67.1 Å². The number of hydrogen-bond donors (Lipinski definition) is 2. The summed E-state index contributed by atoms with van der Waals surface area (Å²) in [5.74, 6) is 7.85. The number of benzene rings is 1. The van der Waals surface area contributed by atoms with E-state index in [2.05, 4.69) is 58.4 Å². The molecular formula is C16H23N5. The molecule has 0 radical (unpaired) electrons. The van der Waals surface area contributed by atoms with Crippen molar-refractivity contribution >= 4 is 11.6 Å². The van der Waals surface area contributed by atoms with Gasteiger partial charge < -0.3 is 10.3 Å². The molecule has 1 aromatic carbocycles. The third kappa shape index (κ3) is 3.92. The fraction of sp³-hybridized carbons (Fsp3) is 0.375. The quantitative estimate of drug-likeness (QED) is 0.631. The Morgan fingerprint density at radius 3 is 2.48 bits per heavy atom. The van der Waals surface area contributed by atoms with Gasteiger partial charge in [0.05, 0.1) is 0 Å². The molecule has 0 aliphatic carbocycles. The molecule has 0 aliphatic rings. The first kappa shape index (κ1) is 15.3. The number of aromatic nitrogens is 2. The van der Waals surface area contributed by atoms with Crippen LogP contribution in [0, 0.1) is 0 Å². The number of anilines is 2. The third-order valence-electron chi connectivity index (χ3n) is 3.34. The van der Waals surface area contributed by atoms with Gasteiger partial charge in [0.1, 0.15) is 17.5 Å². The minimum atomic E-state index is 0.329. The monoisotopic (exact) mass is 285 g/mol. The molecule has 2 aromatic rings. The molecule has 0 saturated carbocycles. The van der Waals surface area contributed by atoms with E-state index >= 15 is 0 Å². The van der Waals surface area contributed by atoms with E-state index in [4.69, 9.17) is 5.84 Å². The first-order valence-corrected chi connectivity index (χ1v) is 7.29. The van der Waals surface area contributed by atoms with Crippen LogP contribution in [0.1, 0.15) is 32.2 Å². The summed E-state index contributed by atoms with van der Waals surface area (Å²) >= 11 is 0. The molecule has 0 amide bonds. The van der Waals surface area contributed by atoms with Crippen molar-refractivity contribution in [2.45, 2.75) is 39.8 Å². The Balaban J connectivity index is 2.33. The maximum atomic E-state index is 5.51. The molecule has 3 N–H and O–H groups in total. The Kier molecular flexibility index (Phi) is 5.11. The minimum Gasteiger partial charge on any atom is -0.350 e. The molecule has 21 heavy (non-hydrogen) atoms. The Bertz CT molecular complexity index is 546. The van der Waals surface area contributed by atoms with Gasteiger partial charge in [-0.3, -0.25) is 0 Å². The van der Waals surface area contributed by atoms with Crippen LogP contribution in [0.25, 0.3) is 0 Å². The van der Waals surface area contributed by atoms with Gasteiger partial charge in [-0.2, -0.15) is 0 Å². The zero-order chi connectivity index (χ0) is 15.2. The van der Waals surface area contributed by atoms with E-state index in [0.717, 1.165) is 24.6 Å². The lowest BCUT2D eigenvalue weighted by Gasteiger charge is -2.28. The van der Waals surface area contributed by atoms with Crippen LogP contribution in [-0.2, 0) is 13.0 Å². The highest BCUT2D eigenvalue weighted by atomic mass is 15.3. The lowest BCUT2D eigenvalue weighted by Crippen LogP contribution is -2.31. The normalized spacial score (nSPS) is 10.7. The number of nitrogens with two attached hydrogens (primary N) is 1. The van der Waals surface area contributed by atoms with E-state index in [1.54, 1.807) is 0 Å². The highest BCUT2D eigenvalue weighted by Crippen LogP contribution is 2.20. The van der Waals surface area contributed by atoms with Crippen LogP contribution >= 0.6 is 0 Å². The Hall–Kier alpha value is -2.14. The maximum absolute atomic E-state index is 5.51. The van der Waals surface area contributed by atoms with Gasteiger partial charge in [-0.05, 0) is 19.4 Å². The van der Waals surface area contributed by atoms with Gasteiger partial charge in [0, 0.05) is 25.1 Å². The average molecular weight is 285 g/mol. The van der Waals surface area contributed by atoms with Crippen molar-refractivity contribution in [3.8, 4) is 0 Å². The van der Waals surface area contributed by atoms with Gasteiger partial charge in [-0.1, -0.05) is 37.3 Å². The summed E-state index contributed by atoms with van der Waals surface area (Å²) in [6.45, 7) is 7.16. The van der Waals surface area contributed by atoms with E-state index in [0.29, 0.717) is 11.9 Å². The molecular weight excluding hydrogens is 262 g/mol. The Morgan fingerprint density at radius 1 is 1.19 bits per heavy atom. The molecule has 5 nitrogen and oxygen atoms in total. The van der Waals surface area contributed by atoms with Crippen LogP contribution in [0.4, 0.5) is 11.6 Å². The summed E-state index contributed by atoms with van der Waals surface area (Å²) < 4.78 is 0. The van der Waals surface area contributed by atoms with Crippen LogP contribution in [0.5, 0.6) is 0 Å². The van der Waals surface area contributed by atoms with E-state index in [9.17, 15) is 0 Å². The first-order chi connectivity index (χ1) is 10.1. The molecule has 1 heterocycles. The van der Waals surface area contributed by atoms with E-state index in [-0.39, 0.29) is 0 Å².